The second-order valence-electron chi connectivity index (χ2n) is 10.3. The maximum absolute atomic E-state index is 13.0. The van der Waals surface area contributed by atoms with Gasteiger partial charge in [0.2, 0.25) is 11.8 Å². The van der Waals surface area contributed by atoms with Gasteiger partial charge in [-0.25, -0.2) is 0 Å². The van der Waals surface area contributed by atoms with Gasteiger partial charge >= 0.3 is 5.97 Å². The lowest BCUT2D eigenvalue weighted by molar-refractivity contribution is -0.133. The SMILES string of the molecule is CC(C)CCNC(=O)[C@H](Cc1ccc(OC(=O)Cc2ccncc2)cc1)NC(=O)C1CCC(CN)CC1. The first-order chi connectivity index (χ1) is 17.8. The minimum absolute atomic E-state index is 0.0684. The third-order valence-corrected chi connectivity index (χ3v) is 6.90. The lowest BCUT2D eigenvalue weighted by Crippen LogP contribution is -2.50. The summed E-state index contributed by atoms with van der Waals surface area (Å²) in [5, 5.41) is 5.98. The minimum Gasteiger partial charge on any atom is -0.426 e. The summed E-state index contributed by atoms with van der Waals surface area (Å²) in [5.41, 5.74) is 7.48. The molecule has 1 aliphatic carbocycles. The van der Waals surface area contributed by atoms with Crippen molar-refractivity contribution in [3.63, 3.8) is 0 Å². The number of pyridine rings is 1. The largest absolute Gasteiger partial charge is 0.426 e. The van der Waals surface area contributed by atoms with Crippen molar-refractivity contribution in [3.05, 3.63) is 59.9 Å². The summed E-state index contributed by atoms with van der Waals surface area (Å²) in [5.74, 6) is 0.686. The van der Waals surface area contributed by atoms with Gasteiger partial charge in [-0.1, -0.05) is 26.0 Å². The van der Waals surface area contributed by atoms with Crippen LogP contribution in [0, 0.1) is 17.8 Å². The molecule has 8 nitrogen and oxygen atoms in total. The Bertz CT molecular complexity index is 1000. The fourth-order valence-electron chi connectivity index (χ4n) is 4.53. The number of aromatic nitrogens is 1. The smallest absolute Gasteiger partial charge is 0.315 e. The maximum Gasteiger partial charge on any atom is 0.315 e. The fraction of sp³-hybridized carbons (Fsp3) is 0.517. The van der Waals surface area contributed by atoms with Crippen molar-refractivity contribution in [2.75, 3.05) is 13.1 Å². The van der Waals surface area contributed by atoms with Crippen LogP contribution in [0.15, 0.2) is 48.8 Å². The fourth-order valence-corrected chi connectivity index (χ4v) is 4.53. The van der Waals surface area contributed by atoms with E-state index in [9.17, 15) is 14.4 Å². The molecule has 8 heteroatoms. The number of carbonyl (C=O) groups excluding carboxylic acids is 3. The lowest BCUT2D eigenvalue weighted by atomic mass is 9.81. The molecule has 4 N–H and O–H groups in total. The van der Waals surface area contributed by atoms with Gasteiger partial charge in [0.15, 0.2) is 0 Å². The Hall–Kier alpha value is -3.26. The van der Waals surface area contributed by atoms with Crippen LogP contribution < -0.4 is 21.1 Å². The van der Waals surface area contributed by atoms with Crippen molar-refractivity contribution in [2.24, 2.45) is 23.5 Å². The van der Waals surface area contributed by atoms with Gasteiger partial charge in [0.05, 0.1) is 6.42 Å². The van der Waals surface area contributed by atoms with Crippen LogP contribution in [0.2, 0.25) is 0 Å². The number of nitrogens with one attached hydrogen (secondary N) is 2. The Morgan fingerprint density at radius 1 is 1.00 bits per heavy atom. The van der Waals surface area contributed by atoms with Gasteiger partial charge in [0, 0.05) is 31.3 Å². The van der Waals surface area contributed by atoms with E-state index >= 15 is 0 Å². The molecular weight excluding hydrogens is 468 g/mol. The number of benzene rings is 1. The first-order valence-corrected chi connectivity index (χ1v) is 13.3. The zero-order valence-corrected chi connectivity index (χ0v) is 21.9. The van der Waals surface area contributed by atoms with Crippen LogP contribution in [-0.4, -0.2) is 41.9 Å². The topological polar surface area (TPSA) is 123 Å². The zero-order chi connectivity index (χ0) is 26.6. The average Bonchev–Trinajstić information content (AvgIpc) is 2.89. The van der Waals surface area contributed by atoms with Crippen LogP contribution in [0.3, 0.4) is 0 Å². The molecule has 1 heterocycles. The predicted octanol–water partition coefficient (Wildman–Crippen LogP) is 3.18. The molecule has 0 spiro atoms. The van der Waals surface area contributed by atoms with E-state index in [-0.39, 0.29) is 30.1 Å². The predicted molar refractivity (Wildman–Crippen MR) is 143 cm³/mol. The van der Waals surface area contributed by atoms with Crippen LogP contribution >= 0.6 is 0 Å². The average molecular weight is 509 g/mol. The highest BCUT2D eigenvalue weighted by atomic mass is 16.5. The Morgan fingerprint density at radius 3 is 2.30 bits per heavy atom. The molecule has 2 amide bonds. The van der Waals surface area contributed by atoms with E-state index in [1.807, 2.05) is 12.1 Å². The van der Waals surface area contributed by atoms with Crippen molar-refractivity contribution in [3.8, 4) is 5.75 Å². The second kappa shape index (κ2) is 14.5. The highest BCUT2D eigenvalue weighted by Gasteiger charge is 2.29. The molecule has 200 valence electrons. The monoisotopic (exact) mass is 508 g/mol. The van der Waals surface area contributed by atoms with Crippen molar-refractivity contribution >= 4 is 17.8 Å². The van der Waals surface area contributed by atoms with Crippen LogP contribution in [-0.2, 0) is 27.2 Å². The van der Waals surface area contributed by atoms with Crippen molar-refractivity contribution < 1.29 is 19.1 Å². The summed E-state index contributed by atoms with van der Waals surface area (Å²) in [4.78, 5) is 42.2. The van der Waals surface area contributed by atoms with Gasteiger partial charge in [-0.15, -0.1) is 0 Å². The van der Waals surface area contributed by atoms with Gasteiger partial charge in [-0.2, -0.15) is 0 Å². The summed E-state index contributed by atoms with van der Waals surface area (Å²) in [6.45, 7) is 5.43. The Morgan fingerprint density at radius 2 is 1.68 bits per heavy atom. The normalized spacial score (nSPS) is 18.2. The molecule has 3 rings (SSSR count). The number of amides is 2. The maximum atomic E-state index is 13.0. The van der Waals surface area contributed by atoms with Gasteiger partial charge in [0.1, 0.15) is 11.8 Å². The summed E-state index contributed by atoms with van der Waals surface area (Å²) in [6, 6.07) is 9.94. The highest BCUT2D eigenvalue weighted by molar-refractivity contribution is 5.88. The molecular formula is C29H40N4O4. The van der Waals surface area contributed by atoms with E-state index in [4.69, 9.17) is 10.5 Å². The zero-order valence-electron chi connectivity index (χ0n) is 21.9. The molecule has 0 bridgehead atoms. The molecule has 0 saturated heterocycles. The molecule has 0 radical (unpaired) electrons. The van der Waals surface area contributed by atoms with E-state index < -0.39 is 6.04 Å². The molecule has 1 saturated carbocycles. The quantitative estimate of drug-likeness (QED) is 0.299. The number of carbonyl (C=O) groups is 3. The Kier molecular flexibility index (Phi) is 11.1. The van der Waals surface area contributed by atoms with E-state index in [1.165, 1.54) is 0 Å². The molecule has 0 unspecified atom stereocenters. The van der Waals surface area contributed by atoms with Crippen LogP contribution in [0.25, 0.3) is 0 Å². The third-order valence-electron chi connectivity index (χ3n) is 6.90. The standard InChI is InChI=1S/C29H40N4O4/c1-20(2)11-16-32-29(36)26(33-28(35)24-7-3-23(19-30)4-8-24)17-21-5-9-25(10-6-21)37-27(34)18-22-12-14-31-15-13-22/h5-6,9-10,12-15,20,23-24,26H,3-4,7-8,11,16-19,30H2,1-2H3,(H,32,36)(H,33,35)/t23?,24?,26-/m0/s1. The number of hydrogen-bond donors (Lipinski definition) is 3. The van der Waals surface area contributed by atoms with E-state index in [0.717, 1.165) is 43.2 Å². The number of ether oxygens (including phenoxy) is 1. The van der Waals surface area contributed by atoms with Gasteiger partial charge in [-0.05, 0) is 85.9 Å². The molecule has 1 aliphatic rings. The van der Waals surface area contributed by atoms with Crippen molar-refractivity contribution in [1.82, 2.24) is 15.6 Å². The van der Waals surface area contributed by atoms with Gasteiger partial charge in [-0.3, -0.25) is 19.4 Å². The molecule has 1 atom stereocenters. The molecule has 37 heavy (non-hydrogen) atoms. The van der Waals surface area contributed by atoms with Crippen LogP contribution in [0.4, 0.5) is 0 Å². The number of hydrogen-bond acceptors (Lipinski definition) is 6. The molecule has 1 aromatic carbocycles. The second-order valence-corrected chi connectivity index (χ2v) is 10.3. The first-order valence-electron chi connectivity index (χ1n) is 13.3. The number of rotatable bonds is 12. The summed E-state index contributed by atoms with van der Waals surface area (Å²) in [7, 11) is 0. The summed E-state index contributed by atoms with van der Waals surface area (Å²) >= 11 is 0. The number of esters is 1. The molecule has 0 aliphatic heterocycles. The van der Waals surface area contributed by atoms with Crippen LogP contribution in [0.1, 0.15) is 57.1 Å². The Balaban J connectivity index is 1.59. The number of nitrogens with zero attached hydrogens (tertiary/aromatic N) is 1. The highest BCUT2D eigenvalue weighted by Crippen LogP contribution is 2.28. The molecule has 1 aromatic heterocycles. The summed E-state index contributed by atoms with van der Waals surface area (Å²) in [6.07, 6.45) is 8.14. The van der Waals surface area contributed by atoms with Gasteiger partial charge in [0.25, 0.3) is 0 Å². The van der Waals surface area contributed by atoms with Gasteiger partial charge < -0.3 is 21.1 Å². The Labute approximate surface area is 219 Å². The number of nitrogens with two attached hydrogens (primary N) is 1. The van der Waals surface area contributed by atoms with E-state index in [2.05, 4.69) is 29.5 Å². The third kappa shape index (κ3) is 9.61. The van der Waals surface area contributed by atoms with E-state index in [0.29, 0.717) is 37.1 Å². The van der Waals surface area contributed by atoms with E-state index in [1.54, 1.807) is 36.7 Å². The lowest BCUT2D eigenvalue weighted by Gasteiger charge is -2.28. The van der Waals surface area contributed by atoms with Crippen molar-refractivity contribution in [2.45, 2.75) is 64.8 Å². The minimum atomic E-state index is -0.674. The first kappa shape index (κ1) is 28.3. The molecule has 2 aromatic rings. The van der Waals surface area contributed by atoms with Crippen molar-refractivity contribution in [1.29, 1.82) is 0 Å². The van der Waals surface area contributed by atoms with Crippen LogP contribution in [0.5, 0.6) is 5.75 Å². The molecule has 1 fully saturated rings. The summed E-state index contributed by atoms with van der Waals surface area (Å²) < 4.78 is 5.45.